The number of nitrogens with two attached hydrogens (primary N) is 1. The van der Waals surface area contributed by atoms with Crippen molar-refractivity contribution in [1.82, 2.24) is 9.80 Å². The zero-order valence-electron chi connectivity index (χ0n) is 12.2. The van der Waals surface area contributed by atoms with Crippen LogP contribution in [0.1, 0.15) is 46.0 Å². The molecule has 0 saturated carbocycles. The fraction of sp³-hybridized carbons (Fsp3) is 0.857. The van der Waals surface area contributed by atoms with Crippen LogP contribution in [0.2, 0.25) is 0 Å². The second-order valence-electron chi connectivity index (χ2n) is 5.34. The Morgan fingerprint density at radius 3 is 2.21 bits per heavy atom. The summed E-state index contributed by atoms with van der Waals surface area (Å²) in [5, 5.41) is 0. The average Bonchev–Trinajstić information content (AvgIpc) is 2.63. The largest absolute Gasteiger partial charge is 0.341 e. The topological polar surface area (TPSA) is 66.6 Å². The lowest BCUT2D eigenvalue weighted by Gasteiger charge is -2.22. The molecule has 1 aliphatic heterocycles. The first-order valence-electron chi connectivity index (χ1n) is 7.35. The molecule has 0 aromatic heterocycles. The number of hydrogen-bond acceptors (Lipinski definition) is 3. The molecule has 1 saturated heterocycles. The van der Waals surface area contributed by atoms with Crippen molar-refractivity contribution in [3.05, 3.63) is 0 Å². The van der Waals surface area contributed by atoms with Gasteiger partial charge in [0.25, 0.3) is 0 Å². The number of nitrogens with zero attached hydrogens (tertiary/aromatic N) is 2. The molecule has 5 nitrogen and oxygen atoms in total. The molecular weight excluding hydrogens is 242 g/mol. The van der Waals surface area contributed by atoms with E-state index < -0.39 is 0 Å². The van der Waals surface area contributed by atoms with E-state index >= 15 is 0 Å². The van der Waals surface area contributed by atoms with E-state index in [-0.39, 0.29) is 17.9 Å². The predicted molar refractivity (Wildman–Crippen MR) is 75.6 cm³/mol. The molecule has 0 aromatic carbocycles. The third-order valence-electron chi connectivity index (χ3n) is 3.55. The molecule has 0 spiro atoms. The van der Waals surface area contributed by atoms with Crippen molar-refractivity contribution in [3.63, 3.8) is 0 Å². The highest BCUT2D eigenvalue weighted by molar-refractivity contribution is 5.77. The molecule has 0 bridgehead atoms. The van der Waals surface area contributed by atoms with Crippen LogP contribution in [0.25, 0.3) is 0 Å². The Balaban J connectivity index is 2.35. The van der Waals surface area contributed by atoms with Gasteiger partial charge in [-0.3, -0.25) is 9.59 Å². The highest BCUT2D eigenvalue weighted by Gasteiger charge is 2.20. The van der Waals surface area contributed by atoms with Crippen LogP contribution in [-0.2, 0) is 9.59 Å². The minimum absolute atomic E-state index is 0.162. The van der Waals surface area contributed by atoms with Crippen molar-refractivity contribution in [2.75, 3.05) is 26.2 Å². The van der Waals surface area contributed by atoms with Gasteiger partial charge in [-0.15, -0.1) is 0 Å². The fourth-order valence-corrected chi connectivity index (χ4v) is 2.37. The summed E-state index contributed by atoms with van der Waals surface area (Å²) < 4.78 is 0. The summed E-state index contributed by atoms with van der Waals surface area (Å²) >= 11 is 0. The summed E-state index contributed by atoms with van der Waals surface area (Å²) in [4.78, 5) is 27.5. The maximum Gasteiger partial charge on any atom is 0.222 e. The van der Waals surface area contributed by atoms with Crippen LogP contribution in [0.3, 0.4) is 0 Å². The van der Waals surface area contributed by atoms with Gasteiger partial charge in [0.2, 0.25) is 11.8 Å². The molecule has 1 aliphatic rings. The lowest BCUT2D eigenvalue weighted by atomic mass is 10.1. The van der Waals surface area contributed by atoms with E-state index in [9.17, 15) is 9.59 Å². The van der Waals surface area contributed by atoms with Gasteiger partial charge in [0.15, 0.2) is 0 Å². The summed E-state index contributed by atoms with van der Waals surface area (Å²) in [7, 11) is 0. The lowest BCUT2D eigenvalue weighted by molar-refractivity contribution is -0.133. The molecule has 0 aromatic rings. The van der Waals surface area contributed by atoms with Crippen LogP contribution >= 0.6 is 0 Å². The predicted octanol–water partition coefficient (Wildman–Crippen LogP) is 0.975. The van der Waals surface area contributed by atoms with Gasteiger partial charge in [0.05, 0.1) is 0 Å². The highest BCUT2D eigenvalue weighted by atomic mass is 16.2. The SMILES string of the molecule is CCC(=O)N1CCCN(C(=O)CCCC(C)N)CC1. The first-order chi connectivity index (χ1) is 9.04. The standard InChI is InChI=1S/C14H27N3O2/c1-3-13(18)16-8-5-9-17(11-10-16)14(19)7-4-6-12(2)15/h12H,3-11,15H2,1-2H3. The van der Waals surface area contributed by atoms with E-state index in [0.29, 0.717) is 25.9 Å². The molecule has 0 aliphatic carbocycles. The Labute approximate surface area is 116 Å². The van der Waals surface area contributed by atoms with Gasteiger partial charge in [-0.05, 0) is 26.2 Å². The van der Waals surface area contributed by atoms with Crippen molar-refractivity contribution >= 4 is 11.8 Å². The normalized spacial score (nSPS) is 18.1. The maximum atomic E-state index is 12.1. The fourth-order valence-electron chi connectivity index (χ4n) is 2.37. The Kier molecular flexibility index (Phi) is 6.84. The van der Waals surface area contributed by atoms with Gasteiger partial charge < -0.3 is 15.5 Å². The minimum atomic E-state index is 0.162. The molecule has 19 heavy (non-hydrogen) atoms. The minimum Gasteiger partial charge on any atom is -0.341 e. The van der Waals surface area contributed by atoms with Gasteiger partial charge in [0, 0.05) is 45.1 Å². The third kappa shape index (κ3) is 5.59. The van der Waals surface area contributed by atoms with E-state index in [1.54, 1.807) is 0 Å². The Morgan fingerprint density at radius 1 is 1.11 bits per heavy atom. The quantitative estimate of drug-likeness (QED) is 0.809. The van der Waals surface area contributed by atoms with Crippen LogP contribution in [0, 0.1) is 0 Å². The maximum absolute atomic E-state index is 12.1. The number of carbonyl (C=O) groups excluding carboxylic acids is 2. The summed E-state index contributed by atoms with van der Waals surface area (Å²) in [5.41, 5.74) is 5.68. The number of carbonyl (C=O) groups is 2. The van der Waals surface area contributed by atoms with Crippen molar-refractivity contribution in [2.24, 2.45) is 5.73 Å². The zero-order chi connectivity index (χ0) is 14.3. The second-order valence-corrected chi connectivity index (χ2v) is 5.34. The van der Waals surface area contributed by atoms with Crippen LogP contribution in [-0.4, -0.2) is 53.8 Å². The summed E-state index contributed by atoms with van der Waals surface area (Å²) in [5.74, 6) is 0.387. The van der Waals surface area contributed by atoms with Crippen LogP contribution in [0.15, 0.2) is 0 Å². The molecule has 1 heterocycles. The molecular formula is C14H27N3O2. The molecule has 2 N–H and O–H groups in total. The molecule has 1 unspecified atom stereocenters. The molecule has 2 amide bonds. The summed E-state index contributed by atoms with van der Waals surface area (Å²) in [6, 6.07) is 0.162. The molecule has 0 radical (unpaired) electrons. The van der Waals surface area contributed by atoms with Gasteiger partial charge in [-0.2, -0.15) is 0 Å². The van der Waals surface area contributed by atoms with E-state index in [2.05, 4.69) is 0 Å². The van der Waals surface area contributed by atoms with Crippen LogP contribution < -0.4 is 5.73 Å². The van der Waals surface area contributed by atoms with Crippen molar-refractivity contribution < 1.29 is 9.59 Å². The number of amides is 2. The lowest BCUT2D eigenvalue weighted by Crippen LogP contribution is -2.37. The van der Waals surface area contributed by atoms with Gasteiger partial charge in [-0.1, -0.05) is 6.92 Å². The third-order valence-corrected chi connectivity index (χ3v) is 3.55. The van der Waals surface area contributed by atoms with Crippen molar-refractivity contribution in [1.29, 1.82) is 0 Å². The Hall–Kier alpha value is -1.10. The van der Waals surface area contributed by atoms with Gasteiger partial charge in [-0.25, -0.2) is 0 Å². The first kappa shape index (κ1) is 16.0. The van der Waals surface area contributed by atoms with Gasteiger partial charge >= 0.3 is 0 Å². The smallest absolute Gasteiger partial charge is 0.222 e. The monoisotopic (exact) mass is 269 g/mol. The Bertz CT molecular complexity index is 305. The van der Waals surface area contributed by atoms with Crippen LogP contribution in [0.5, 0.6) is 0 Å². The molecule has 1 atom stereocenters. The van der Waals surface area contributed by atoms with Crippen molar-refractivity contribution in [2.45, 2.75) is 52.0 Å². The van der Waals surface area contributed by atoms with E-state index in [1.807, 2.05) is 23.6 Å². The Morgan fingerprint density at radius 2 is 1.68 bits per heavy atom. The second kappa shape index (κ2) is 8.15. The van der Waals surface area contributed by atoms with E-state index in [0.717, 1.165) is 32.4 Å². The summed E-state index contributed by atoms with van der Waals surface area (Å²) in [6.45, 7) is 6.73. The number of hydrogen-bond donors (Lipinski definition) is 1. The van der Waals surface area contributed by atoms with Crippen LogP contribution in [0.4, 0.5) is 0 Å². The molecule has 1 fully saturated rings. The summed E-state index contributed by atoms with van der Waals surface area (Å²) in [6.07, 6.45) is 3.74. The average molecular weight is 269 g/mol. The first-order valence-corrected chi connectivity index (χ1v) is 7.35. The molecule has 5 heteroatoms. The van der Waals surface area contributed by atoms with E-state index in [1.165, 1.54) is 0 Å². The van der Waals surface area contributed by atoms with E-state index in [4.69, 9.17) is 5.73 Å². The van der Waals surface area contributed by atoms with Crippen molar-refractivity contribution in [3.8, 4) is 0 Å². The zero-order valence-corrected chi connectivity index (χ0v) is 12.2. The number of rotatable bonds is 5. The highest BCUT2D eigenvalue weighted by Crippen LogP contribution is 2.08. The molecule has 110 valence electrons. The van der Waals surface area contributed by atoms with Gasteiger partial charge in [0.1, 0.15) is 0 Å². The molecule has 1 rings (SSSR count).